The lowest BCUT2D eigenvalue weighted by Crippen LogP contribution is -2.28. The number of amides is 1. The number of nitrogens with two attached hydrogens (primary N) is 1. The van der Waals surface area contributed by atoms with Crippen molar-refractivity contribution in [2.45, 2.75) is 11.8 Å². The molecule has 0 aromatic heterocycles. The Hall–Kier alpha value is -1.32. The second-order valence-corrected chi connectivity index (χ2v) is 7.26. The van der Waals surface area contributed by atoms with E-state index in [1.807, 2.05) is 0 Å². The van der Waals surface area contributed by atoms with Gasteiger partial charge in [0.15, 0.2) is 0 Å². The molecule has 9 heteroatoms. The molecule has 0 aliphatic carbocycles. The molecular formula is C11H15FN2O4S2. The standard InChI is InChI=1S/C11H15FN2O4S2/c1-7-5-9(12)8(6-10(7)20(13,17)18)11(15)14-3-4-19(2)16/h5-6H,3-4H2,1-2H3,(H,14,15)(H2,13,17,18). The lowest BCUT2D eigenvalue weighted by atomic mass is 10.1. The van der Waals surface area contributed by atoms with Crippen molar-refractivity contribution in [2.24, 2.45) is 5.14 Å². The Morgan fingerprint density at radius 2 is 2.05 bits per heavy atom. The van der Waals surface area contributed by atoms with E-state index in [-0.39, 0.29) is 22.8 Å². The Morgan fingerprint density at radius 3 is 2.55 bits per heavy atom. The van der Waals surface area contributed by atoms with Crippen molar-refractivity contribution in [2.75, 3.05) is 18.6 Å². The first-order chi connectivity index (χ1) is 9.12. The maximum Gasteiger partial charge on any atom is 0.254 e. The molecule has 0 saturated carbocycles. The van der Waals surface area contributed by atoms with Crippen LogP contribution in [0.15, 0.2) is 17.0 Å². The van der Waals surface area contributed by atoms with E-state index >= 15 is 0 Å². The minimum Gasteiger partial charge on any atom is -0.351 e. The summed E-state index contributed by atoms with van der Waals surface area (Å²) in [6.07, 6.45) is 1.47. The maximum absolute atomic E-state index is 13.7. The molecule has 0 aliphatic rings. The van der Waals surface area contributed by atoms with Gasteiger partial charge in [0.25, 0.3) is 5.91 Å². The third-order valence-corrected chi connectivity index (χ3v) is 4.32. The van der Waals surface area contributed by atoms with Gasteiger partial charge in [-0.3, -0.25) is 9.00 Å². The molecule has 0 saturated heterocycles. The average molecular weight is 322 g/mol. The zero-order valence-corrected chi connectivity index (χ0v) is 12.6. The van der Waals surface area contributed by atoms with E-state index in [1.165, 1.54) is 13.2 Å². The van der Waals surface area contributed by atoms with Gasteiger partial charge in [0.1, 0.15) is 5.82 Å². The van der Waals surface area contributed by atoms with E-state index in [0.29, 0.717) is 0 Å². The summed E-state index contributed by atoms with van der Waals surface area (Å²) in [7, 11) is -5.13. The van der Waals surface area contributed by atoms with Gasteiger partial charge in [-0.15, -0.1) is 0 Å². The van der Waals surface area contributed by atoms with Gasteiger partial charge in [0.2, 0.25) is 10.0 Å². The van der Waals surface area contributed by atoms with Gasteiger partial charge in [0.05, 0.1) is 10.5 Å². The van der Waals surface area contributed by atoms with Gasteiger partial charge < -0.3 is 5.32 Å². The number of halogens is 1. The molecule has 0 fully saturated rings. The molecule has 1 amide bonds. The molecule has 1 atom stereocenters. The normalized spacial score (nSPS) is 13.0. The number of hydrogen-bond donors (Lipinski definition) is 2. The smallest absolute Gasteiger partial charge is 0.254 e. The highest BCUT2D eigenvalue weighted by atomic mass is 32.2. The van der Waals surface area contributed by atoms with Gasteiger partial charge in [-0.05, 0) is 24.6 Å². The first-order valence-corrected chi connectivity index (χ1v) is 8.81. The molecule has 1 rings (SSSR count). The Balaban J connectivity index is 3.06. The Bertz CT molecular complexity index is 659. The Morgan fingerprint density at radius 1 is 1.45 bits per heavy atom. The van der Waals surface area contributed by atoms with Crippen molar-refractivity contribution in [3.05, 3.63) is 29.1 Å². The molecule has 0 bridgehead atoms. The van der Waals surface area contributed by atoms with Crippen LogP contribution in [0, 0.1) is 12.7 Å². The number of benzene rings is 1. The number of aryl methyl sites for hydroxylation is 1. The summed E-state index contributed by atoms with van der Waals surface area (Å²) in [5, 5.41) is 7.36. The summed E-state index contributed by atoms with van der Waals surface area (Å²) in [5.41, 5.74) is -0.294. The van der Waals surface area contributed by atoms with Crippen LogP contribution in [-0.4, -0.2) is 37.1 Å². The van der Waals surface area contributed by atoms with E-state index in [9.17, 15) is 21.8 Å². The van der Waals surface area contributed by atoms with Crippen LogP contribution in [0.1, 0.15) is 15.9 Å². The Labute approximate surface area is 119 Å². The number of rotatable bonds is 5. The lowest BCUT2D eigenvalue weighted by Gasteiger charge is -2.09. The summed E-state index contributed by atoms with van der Waals surface area (Å²) in [4.78, 5) is 11.4. The predicted octanol–water partition coefficient (Wildman–Crippen LogP) is -0.110. The highest BCUT2D eigenvalue weighted by Gasteiger charge is 2.19. The van der Waals surface area contributed by atoms with Gasteiger partial charge >= 0.3 is 0 Å². The zero-order chi connectivity index (χ0) is 15.5. The summed E-state index contributed by atoms with van der Waals surface area (Å²) >= 11 is 0. The molecule has 20 heavy (non-hydrogen) atoms. The quantitative estimate of drug-likeness (QED) is 0.789. The number of nitrogens with one attached hydrogen (secondary N) is 1. The largest absolute Gasteiger partial charge is 0.351 e. The molecule has 1 aromatic carbocycles. The molecule has 3 N–H and O–H groups in total. The summed E-state index contributed by atoms with van der Waals surface area (Å²) < 4.78 is 47.2. The van der Waals surface area contributed by atoms with Crippen LogP contribution in [0.3, 0.4) is 0 Å². The lowest BCUT2D eigenvalue weighted by molar-refractivity contribution is 0.0952. The van der Waals surface area contributed by atoms with Crippen LogP contribution in [-0.2, 0) is 20.8 Å². The number of carbonyl (C=O) groups excluding carboxylic acids is 1. The van der Waals surface area contributed by atoms with Crippen LogP contribution >= 0.6 is 0 Å². The molecule has 0 heterocycles. The molecule has 0 spiro atoms. The molecule has 0 aliphatic heterocycles. The molecule has 1 unspecified atom stereocenters. The van der Waals surface area contributed by atoms with Gasteiger partial charge in [-0.25, -0.2) is 17.9 Å². The van der Waals surface area contributed by atoms with Gasteiger partial charge in [-0.1, -0.05) is 0 Å². The number of carbonyl (C=O) groups is 1. The summed E-state index contributed by atoms with van der Waals surface area (Å²) in [5.74, 6) is -1.40. The van der Waals surface area contributed by atoms with E-state index < -0.39 is 38.1 Å². The zero-order valence-electron chi connectivity index (χ0n) is 11.0. The third kappa shape index (κ3) is 4.36. The van der Waals surface area contributed by atoms with Crippen LogP contribution in [0.25, 0.3) is 0 Å². The molecule has 112 valence electrons. The number of primary sulfonamides is 1. The maximum atomic E-state index is 13.7. The SMILES string of the molecule is Cc1cc(F)c(C(=O)NCCS(C)=O)cc1S(N)(=O)=O. The molecule has 6 nitrogen and oxygen atoms in total. The highest BCUT2D eigenvalue weighted by Crippen LogP contribution is 2.19. The van der Waals surface area contributed by atoms with E-state index in [2.05, 4.69) is 5.32 Å². The van der Waals surface area contributed by atoms with Crippen molar-refractivity contribution in [1.29, 1.82) is 0 Å². The third-order valence-electron chi connectivity index (χ3n) is 2.49. The van der Waals surface area contributed by atoms with Gasteiger partial charge in [-0.2, -0.15) is 0 Å². The fourth-order valence-corrected chi connectivity index (χ4v) is 2.72. The van der Waals surface area contributed by atoms with Crippen molar-refractivity contribution in [3.63, 3.8) is 0 Å². The van der Waals surface area contributed by atoms with E-state index in [4.69, 9.17) is 5.14 Å². The summed E-state index contributed by atoms with van der Waals surface area (Å²) in [6.45, 7) is 1.48. The van der Waals surface area contributed by atoms with Crippen LogP contribution < -0.4 is 10.5 Å². The molecule has 0 radical (unpaired) electrons. The second kappa shape index (κ2) is 6.42. The highest BCUT2D eigenvalue weighted by molar-refractivity contribution is 7.89. The van der Waals surface area contributed by atoms with Gasteiger partial charge in [0, 0.05) is 29.4 Å². The fraction of sp³-hybridized carbons (Fsp3) is 0.364. The predicted molar refractivity (Wildman–Crippen MR) is 73.8 cm³/mol. The molecular weight excluding hydrogens is 307 g/mol. The first-order valence-electron chi connectivity index (χ1n) is 5.54. The summed E-state index contributed by atoms with van der Waals surface area (Å²) in [6, 6.07) is 1.84. The van der Waals surface area contributed by atoms with Crippen molar-refractivity contribution in [1.82, 2.24) is 5.32 Å². The first kappa shape index (κ1) is 16.7. The average Bonchev–Trinajstić information content (AvgIpc) is 2.26. The monoisotopic (exact) mass is 322 g/mol. The number of sulfonamides is 1. The Kier molecular flexibility index (Phi) is 5.37. The minimum absolute atomic E-state index is 0.0972. The van der Waals surface area contributed by atoms with Crippen LogP contribution in [0.5, 0.6) is 0 Å². The van der Waals surface area contributed by atoms with Crippen LogP contribution in [0.2, 0.25) is 0 Å². The molecule has 1 aromatic rings. The minimum atomic E-state index is -4.04. The van der Waals surface area contributed by atoms with Crippen LogP contribution in [0.4, 0.5) is 4.39 Å². The number of hydrogen-bond acceptors (Lipinski definition) is 4. The van der Waals surface area contributed by atoms with Crippen molar-refractivity contribution < 1.29 is 21.8 Å². The second-order valence-electron chi connectivity index (χ2n) is 4.18. The van der Waals surface area contributed by atoms with Crippen molar-refractivity contribution in [3.8, 4) is 0 Å². The fourth-order valence-electron chi connectivity index (χ4n) is 1.54. The topological polar surface area (TPSA) is 106 Å². The van der Waals surface area contributed by atoms with E-state index in [1.54, 1.807) is 0 Å². The van der Waals surface area contributed by atoms with E-state index in [0.717, 1.165) is 12.1 Å². The van der Waals surface area contributed by atoms with Crippen molar-refractivity contribution >= 4 is 26.7 Å².